The van der Waals surface area contributed by atoms with Crippen LogP contribution in [0.15, 0.2) is 29.3 Å². The number of rotatable bonds is 6. The largest absolute Gasteiger partial charge is 0.416 e. The molecule has 9 heteroatoms. The molecule has 3 aliphatic rings. The molecule has 3 unspecified atom stereocenters. The normalized spacial score (nSPS) is 27.0. The fourth-order valence-electron chi connectivity index (χ4n) is 4.78. The minimum atomic E-state index is -4.30. The van der Waals surface area contributed by atoms with Crippen LogP contribution < -0.4 is 15.5 Å². The first kappa shape index (κ1) is 22.2. The molecule has 3 fully saturated rings. The van der Waals surface area contributed by atoms with E-state index in [4.69, 9.17) is 4.74 Å². The molecule has 0 aromatic heterocycles. The first-order chi connectivity index (χ1) is 14.9. The molecule has 1 aromatic rings. The molecule has 4 rings (SSSR count). The molecule has 3 heterocycles. The Kier molecular flexibility index (Phi) is 6.91. The van der Waals surface area contributed by atoms with Crippen molar-refractivity contribution in [2.24, 2.45) is 4.99 Å². The Morgan fingerprint density at radius 3 is 2.65 bits per heavy atom. The molecular formula is C22H32F3N5O. The van der Waals surface area contributed by atoms with Crippen LogP contribution in [0.5, 0.6) is 0 Å². The van der Waals surface area contributed by atoms with Gasteiger partial charge >= 0.3 is 6.18 Å². The number of alkyl halides is 3. The zero-order valence-electron chi connectivity index (χ0n) is 18.0. The highest BCUT2D eigenvalue weighted by Crippen LogP contribution is 2.34. The van der Waals surface area contributed by atoms with E-state index < -0.39 is 11.7 Å². The number of guanidine groups is 1. The second kappa shape index (κ2) is 9.65. The maximum Gasteiger partial charge on any atom is 0.416 e. The zero-order valence-corrected chi connectivity index (χ0v) is 18.0. The summed E-state index contributed by atoms with van der Waals surface area (Å²) in [6, 6.07) is 5.97. The van der Waals surface area contributed by atoms with E-state index in [0.717, 1.165) is 70.6 Å². The number of nitrogens with zero attached hydrogens (tertiary/aromatic N) is 3. The van der Waals surface area contributed by atoms with Crippen molar-refractivity contribution >= 4 is 11.6 Å². The summed E-state index contributed by atoms with van der Waals surface area (Å²) in [6.07, 6.45) is 0.776. The number of aliphatic imine (C=N–C) groups is 1. The van der Waals surface area contributed by atoms with Crippen molar-refractivity contribution in [1.82, 2.24) is 15.5 Å². The van der Waals surface area contributed by atoms with Gasteiger partial charge in [-0.2, -0.15) is 13.2 Å². The molecule has 172 valence electrons. The quantitative estimate of drug-likeness (QED) is 0.406. The molecule has 0 radical (unpaired) electrons. The topological polar surface area (TPSA) is 52.1 Å². The van der Waals surface area contributed by atoms with Crippen LogP contribution in [0.3, 0.4) is 0 Å². The summed E-state index contributed by atoms with van der Waals surface area (Å²) < 4.78 is 44.7. The Bertz CT molecular complexity index is 764. The Hall–Kier alpha value is -2.00. The fourth-order valence-corrected chi connectivity index (χ4v) is 4.78. The van der Waals surface area contributed by atoms with E-state index in [1.165, 1.54) is 18.6 Å². The van der Waals surface area contributed by atoms with Gasteiger partial charge in [-0.15, -0.1) is 0 Å². The van der Waals surface area contributed by atoms with Crippen LogP contribution in [-0.4, -0.2) is 75.4 Å². The second-order valence-corrected chi connectivity index (χ2v) is 8.59. The number of fused-ring (bicyclic) bond motifs is 2. The SMILES string of the molecule is CN=C(NCCCN1CCN(c2cccc(C(F)(F)F)c2)CC1)NC1CC2CCC1O2. The standard InChI is InChI=1S/C22H32F3N5O/c1-26-21(28-19-15-18-6-7-20(19)31-18)27-8-3-9-29-10-12-30(13-11-29)17-5-2-4-16(14-17)22(23,24)25/h2,4-5,14,18-20H,3,6-13,15H2,1H3,(H2,26,27,28). The first-order valence-corrected chi connectivity index (χ1v) is 11.2. The molecule has 2 N–H and O–H groups in total. The zero-order chi connectivity index (χ0) is 21.8. The van der Waals surface area contributed by atoms with Crippen LogP contribution >= 0.6 is 0 Å². The molecule has 0 spiro atoms. The van der Waals surface area contributed by atoms with Gasteiger partial charge in [0.15, 0.2) is 5.96 Å². The van der Waals surface area contributed by atoms with E-state index >= 15 is 0 Å². The van der Waals surface area contributed by atoms with E-state index in [1.807, 2.05) is 4.90 Å². The first-order valence-electron chi connectivity index (χ1n) is 11.2. The van der Waals surface area contributed by atoms with Crippen LogP contribution in [-0.2, 0) is 10.9 Å². The molecule has 2 bridgehead atoms. The number of benzene rings is 1. The van der Waals surface area contributed by atoms with E-state index in [9.17, 15) is 13.2 Å². The third kappa shape index (κ3) is 5.63. The summed E-state index contributed by atoms with van der Waals surface area (Å²) in [6.45, 7) is 4.97. The molecular weight excluding hydrogens is 407 g/mol. The van der Waals surface area contributed by atoms with E-state index in [1.54, 1.807) is 13.1 Å². The number of piperazine rings is 1. The molecule has 0 saturated carbocycles. The van der Waals surface area contributed by atoms with Gasteiger partial charge in [0.2, 0.25) is 0 Å². The third-order valence-corrected chi connectivity index (χ3v) is 6.51. The Morgan fingerprint density at radius 1 is 1.19 bits per heavy atom. The summed E-state index contributed by atoms with van der Waals surface area (Å²) in [5, 5.41) is 6.88. The summed E-state index contributed by atoms with van der Waals surface area (Å²) in [5.41, 5.74) is 0.0631. The van der Waals surface area contributed by atoms with Gasteiger partial charge < -0.3 is 20.3 Å². The maximum absolute atomic E-state index is 13.0. The average molecular weight is 440 g/mol. The smallest absolute Gasteiger partial charge is 0.373 e. The van der Waals surface area contributed by atoms with Crippen molar-refractivity contribution < 1.29 is 17.9 Å². The van der Waals surface area contributed by atoms with Crippen molar-refractivity contribution in [2.45, 2.75) is 50.1 Å². The van der Waals surface area contributed by atoms with Crippen molar-refractivity contribution in [3.8, 4) is 0 Å². The number of ether oxygens (including phenoxy) is 1. The van der Waals surface area contributed by atoms with Crippen molar-refractivity contribution in [3.63, 3.8) is 0 Å². The van der Waals surface area contributed by atoms with Crippen molar-refractivity contribution in [3.05, 3.63) is 29.8 Å². The molecule has 31 heavy (non-hydrogen) atoms. The van der Waals surface area contributed by atoms with E-state index in [2.05, 4.69) is 20.5 Å². The number of halogens is 3. The van der Waals surface area contributed by atoms with Gasteiger partial charge in [0.25, 0.3) is 0 Å². The lowest BCUT2D eigenvalue weighted by Gasteiger charge is -2.36. The Morgan fingerprint density at radius 2 is 2.00 bits per heavy atom. The molecule has 3 saturated heterocycles. The highest BCUT2D eigenvalue weighted by atomic mass is 19.4. The summed E-state index contributed by atoms with van der Waals surface area (Å²) in [4.78, 5) is 8.73. The van der Waals surface area contributed by atoms with Gasteiger partial charge in [0.1, 0.15) is 0 Å². The number of hydrogen-bond acceptors (Lipinski definition) is 4. The lowest BCUT2D eigenvalue weighted by molar-refractivity contribution is -0.137. The highest BCUT2D eigenvalue weighted by molar-refractivity contribution is 5.80. The monoisotopic (exact) mass is 439 g/mol. The second-order valence-electron chi connectivity index (χ2n) is 8.59. The molecule has 3 aliphatic heterocycles. The van der Waals surface area contributed by atoms with Crippen LogP contribution in [0.2, 0.25) is 0 Å². The minimum Gasteiger partial charge on any atom is -0.373 e. The van der Waals surface area contributed by atoms with Gasteiger partial charge in [0.05, 0.1) is 23.8 Å². The van der Waals surface area contributed by atoms with Crippen molar-refractivity contribution in [1.29, 1.82) is 0 Å². The number of nitrogens with one attached hydrogen (secondary N) is 2. The molecule has 0 aliphatic carbocycles. The highest BCUT2D eigenvalue weighted by Gasteiger charge is 2.41. The van der Waals surface area contributed by atoms with E-state index in [-0.39, 0.29) is 0 Å². The van der Waals surface area contributed by atoms with Crippen LogP contribution in [0.1, 0.15) is 31.2 Å². The lowest BCUT2D eigenvalue weighted by atomic mass is 9.96. The molecule has 3 atom stereocenters. The van der Waals surface area contributed by atoms with Gasteiger partial charge in [-0.05, 0) is 50.4 Å². The molecule has 6 nitrogen and oxygen atoms in total. The van der Waals surface area contributed by atoms with Gasteiger partial charge in [-0.25, -0.2) is 0 Å². The summed E-state index contributed by atoms with van der Waals surface area (Å²) in [7, 11) is 1.79. The molecule has 1 aromatic carbocycles. The van der Waals surface area contributed by atoms with Gasteiger partial charge in [0, 0.05) is 45.5 Å². The van der Waals surface area contributed by atoms with Crippen LogP contribution in [0.25, 0.3) is 0 Å². The number of hydrogen-bond donors (Lipinski definition) is 2. The summed E-state index contributed by atoms with van der Waals surface area (Å²) in [5.74, 6) is 0.829. The summed E-state index contributed by atoms with van der Waals surface area (Å²) >= 11 is 0. The van der Waals surface area contributed by atoms with Gasteiger partial charge in [-0.1, -0.05) is 6.07 Å². The van der Waals surface area contributed by atoms with Crippen LogP contribution in [0.4, 0.5) is 18.9 Å². The third-order valence-electron chi connectivity index (χ3n) is 6.51. The Labute approximate surface area is 181 Å². The maximum atomic E-state index is 13.0. The number of anilines is 1. The minimum absolute atomic E-state index is 0.316. The van der Waals surface area contributed by atoms with Crippen LogP contribution in [0, 0.1) is 0 Å². The van der Waals surface area contributed by atoms with Gasteiger partial charge in [-0.3, -0.25) is 9.89 Å². The van der Waals surface area contributed by atoms with Crippen molar-refractivity contribution in [2.75, 3.05) is 51.2 Å². The predicted octanol–water partition coefficient (Wildman–Crippen LogP) is 2.70. The van der Waals surface area contributed by atoms with E-state index in [0.29, 0.717) is 23.9 Å². The Balaban J connectivity index is 1.15. The molecule has 0 amide bonds. The predicted molar refractivity (Wildman–Crippen MR) is 116 cm³/mol. The fraction of sp³-hybridized carbons (Fsp3) is 0.682. The average Bonchev–Trinajstić information content (AvgIpc) is 3.39. The lowest BCUT2D eigenvalue weighted by Crippen LogP contribution is -2.49.